The number of benzene rings is 2. The van der Waals surface area contributed by atoms with Gasteiger partial charge in [0.15, 0.2) is 0 Å². The van der Waals surface area contributed by atoms with Gasteiger partial charge in [-0.3, -0.25) is 13.9 Å². The SMILES string of the molecule is CCCCNC(=O)[C@H](CC)N(Cc1ccc(C)cc1)C(=O)CN(c1ccc(Cl)cc1)S(C)(=O)=O. The maximum absolute atomic E-state index is 13.6. The molecule has 0 saturated heterocycles. The van der Waals surface area contributed by atoms with Crippen molar-refractivity contribution in [3.05, 3.63) is 64.7 Å². The van der Waals surface area contributed by atoms with Crippen LogP contribution in [0.4, 0.5) is 5.69 Å². The van der Waals surface area contributed by atoms with Crippen LogP contribution in [0, 0.1) is 6.92 Å². The standard InChI is InChI=1S/C25H34ClN3O4S/c1-5-7-16-27-25(31)23(6-2)28(17-20-10-8-19(3)9-11-20)24(30)18-29(34(4,32)33)22-14-12-21(26)13-15-22/h8-15,23H,5-7,16-18H2,1-4H3,(H,27,31)/t23-/m0/s1. The Kier molecular flexibility index (Phi) is 10.4. The van der Waals surface area contributed by atoms with Gasteiger partial charge in [-0.15, -0.1) is 0 Å². The Balaban J connectivity index is 2.37. The van der Waals surface area contributed by atoms with Crippen LogP contribution in [-0.2, 0) is 26.2 Å². The third-order valence-corrected chi connectivity index (χ3v) is 6.88. The monoisotopic (exact) mass is 507 g/mol. The van der Waals surface area contributed by atoms with Crippen LogP contribution in [0.3, 0.4) is 0 Å². The van der Waals surface area contributed by atoms with Gasteiger partial charge in [-0.2, -0.15) is 0 Å². The first kappa shape index (κ1) is 27.7. The Bertz CT molecular complexity index is 1060. The van der Waals surface area contributed by atoms with Gasteiger partial charge in [0.25, 0.3) is 0 Å². The van der Waals surface area contributed by atoms with E-state index in [1.165, 1.54) is 4.90 Å². The largest absolute Gasteiger partial charge is 0.354 e. The molecule has 2 aromatic rings. The highest BCUT2D eigenvalue weighted by Crippen LogP contribution is 2.22. The molecule has 0 radical (unpaired) electrons. The lowest BCUT2D eigenvalue weighted by atomic mass is 10.1. The molecule has 0 saturated carbocycles. The number of hydrogen-bond donors (Lipinski definition) is 1. The Hall–Kier alpha value is -2.58. The molecule has 1 atom stereocenters. The average molecular weight is 508 g/mol. The molecule has 9 heteroatoms. The van der Waals surface area contributed by atoms with Crippen molar-refractivity contribution in [3.63, 3.8) is 0 Å². The fourth-order valence-corrected chi connectivity index (χ4v) is 4.51. The zero-order valence-electron chi connectivity index (χ0n) is 20.3. The summed E-state index contributed by atoms with van der Waals surface area (Å²) >= 11 is 5.95. The molecular weight excluding hydrogens is 474 g/mol. The van der Waals surface area contributed by atoms with Gasteiger partial charge in [-0.1, -0.05) is 61.7 Å². The second-order valence-corrected chi connectivity index (χ2v) is 10.7. The summed E-state index contributed by atoms with van der Waals surface area (Å²) in [6.45, 7) is 6.14. The topological polar surface area (TPSA) is 86.8 Å². The number of nitrogens with one attached hydrogen (secondary N) is 1. The quantitative estimate of drug-likeness (QED) is 0.437. The van der Waals surface area contributed by atoms with Crippen molar-refractivity contribution < 1.29 is 18.0 Å². The number of anilines is 1. The molecule has 0 bridgehead atoms. The first-order valence-corrected chi connectivity index (χ1v) is 13.7. The molecule has 2 aromatic carbocycles. The first-order chi connectivity index (χ1) is 16.1. The fourth-order valence-electron chi connectivity index (χ4n) is 3.54. The van der Waals surface area contributed by atoms with Crippen LogP contribution in [0.25, 0.3) is 0 Å². The minimum atomic E-state index is -3.77. The minimum Gasteiger partial charge on any atom is -0.354 e. The number of carbonyl (C=O) groups excluding carboxylic acids is 2. The van der Waals surface area contributed by atoms with Crippen LogP contribution in [0.1, 0.15) is 44.2 Å². The summed E-state index contributed by atoms with van der Waals surface area (Å²) in [7, 11) is -3.77. The average Bonchev–Trinajstić information content (AvgIpc) is 2.78. The molecular formula is C25H34ClN3O4S. The number of carbonyl (C=O) groups is 2. The maximum Gasteiger partial charge on any atom is 0.244 e. The van der Waals surface area contributed by atoms with Crippen LogP contribution in [0.15, 0.2) is 48.5 Å². The summed E-state index contributed by atoms with van der Waals surface area (Å²) in [5, 5.41) is 3.36. The number of amides is 2. The highest BCUT2D eigenvalue weighted by atomic mass is 35.5. The summed E-state index contributed by atoms with van der Waals surface area (Å²) in [5.41, 5.74) is 2.27. The molecule has 0 aliphatic rings. The van der Waals surface area contributed by atoms with Gasteiger partial charge >= 0.3 is 0 Å². The number of sulfonamides is 1. The number of hydrogen-bond acceptors (Lipinski definition) is 4. The number of halogens is 1. The zero-order chi connectivity index (χ0) is 25.3. The predicted molar refractivity (Wildman–Crippen MR) is 137 cm³/mol. The molecule has 0 aliphatic heterocycles. The summed E-state index contributed by atoms with van der Waals surface area (Å²) in [6.07, 6.45) is 3.23. The van der Waals surface area contributed by atoms with E-state index >= 15 is 0 Å². The van der Waals surface area contributed by atoms with Crippen LogP contribution in [0.2, 0.25) is 5.02 Å². The van der Waals surface area contributed by atoms with E-state index in [9.17, 15) is 18.0 Å². The third kappa shape index (κ3) is 8.02. The molecule has 186 valence electrons. The van der Waals surface area contributed by atoms with Crippen LogP contribution in [0.5, 0.6) is 0 Å². The van der Waals surface area contributed by atoms with Gasteiger partial charge in [0.05, 0.1) is 11.9 Å². The highest BCUT2D eigenvalue weighted by Gasteiger charge is 2.31. The second-order valence-electron chi connectivity index (χ2n) is 8.32. The van der Waals surface area contributed by atoms with Crippen LogP contribution in [-0.4, -0.2) is 50.5 Å². The van der Waals surface area contributed by atoms with E-state index in [0.29, 0.717) is 23.7 Å². The molecule has 7 nitrogen and oxygen atoms in total. The Morgan fingerprint density at radius 2 is 1.65 bits per heavy atom. The maximum atomic E-state index is 13.6. The molecule has 0 heterocycles. The Morgan fingerprint density at radius 1 is 1.03 bits per heavy atom. The van der Waals surface area contributed by atoms with Crippen LogP contribution >= 0.6 is 11.6 Å². The lowest BCUT2D eigenvalue weighted by molar-refractivity contribution is -0.140. The summed E-state index contributed by atoms with van der Waals surface area (Å²) in [6, 6.07) is 13.2. The lowest BCUT2D eigenvalue weighted by Crippen LogP contribution is -2.52. The van der Waals surface area contributed by atoms with E-state index < -0.39 is 28.5 Å². The number of aryl methyl sites for hydroxylation is 1. The molecule has 0 unspecified atom stereocenters. The van der Waals surface area contributed by atoms with Gasteiger partial charge in [0.1, 0.15) is 12.6 Å². The van der Waals surface area contributed by atoms with Gasteiger partial charge in [0, 0.05) is 18.1 Å². The van der Waals surface area contributed by atoms with Gasteiger partial charge in [-0.05, 0) is 49.6 Å². The third-order valence-electron chi connectivity index (χ3n) is 5.48. The van der Waals surface area contributed by atoms with E-state index in [2.05, 4.69) is 5.32 Å². The van der Waals surface area contributed by atoms with Crippen molar-refractivity contribution in [1.29, 1.82) is 0 Å². The minimum absolute atomic E-state index is 0.192. The smallest absolute Gasteiger partial charge is 0.244 e. The van der Waals surface area contributed by atoms with Crippen molar-refractivity contribution in [2.24, 2.45) is 0 Å². The lowest BCUT2D eigenvalue weighted by Gasteiger charge is -2.33. The van der Waals surface area contributed by atoms with E-state index in [0.717, 1.165) is 34.5 Å². The molecule has 0 aliphatic carbocycles. The van der Waals surface area contributed by atoms with Gasteiger partial charge in [-0.25, -0.2) is 8.42 Å². The molecule has 0 fully saturated rings. The normalized spacial score (nSPS) is 12.1. The summed E-state index contributed by atoms with van der Waals surface area (Å²) in [4.78, 5) is 28.0. The highest BCUT2D eigenvalue weighted by molar-refractivity contribution is 7.92. The molecule has 34 heavy (non-hydrogen) atoms. The summed E-state index contributed by atoms with van der Waals surface area (Å²) in [5.74, 6) is -0.702. The Labute approximate surface area is 208 Å². The van der Waals surface area contributed by atoms with Crippen molar-refractivity contribution in [2.75, 3.05) is 23.7 Å². The van der Waals surface area contributed by atoms with Crippen molar-refractivity contribution in [3.8, 4) is 0 Å². The number of unbranched alkanes of at least 4 members (excludes halogenated alkanes) is 1. The first-order valence-electron chi connectivity index (χ1n) is 11.4. The van der Waals surface area contributed by atoms with E-state index in [4.69, 9.17) is 11.6 Å². The van der Waals surface area contributed by atoms with Gasteiger partial charge < -0.3 is 10.2 Å². The van der Waals surface area contributed by atoms with Crippen molar-refractivity contribution >= 4 is 39.1 Å². The number of rotatable bonds is 12. The molecule has 0 aromatic heterocycles. The van der Waals surface area contributed by atoms with Gasteiger partial charge in [0.2, 0.25) is 21.8 Å². The van der Waals surface area contributed by atoms with E-state index in [1.54, 1.807) is 24.3 Å². The molecule has 1 N–H and O–H groups in total. The zero-order valence-corrected chi connectivity index (χ0v) is 21.8. The second kappa shape index (κ2) is 12.8. The number of nitrogens with zero attached hydrogens (tertiary/aromatic N) is 2. The molecule has 0 spiro atoms. The Morgan fingerprint density at radius 3 is 2.18 bits per heavy atom. The van der Waals surface area contributed by atoms with E-state index in [-0.39, 0.29) is 12.5 Å². The molecule has 2 amide bonds. The van der Waals surface area contributed by atoms with Crippen molar-refractivity contribution in [2.45, 2.75) is 52.6 Å². The molecule has 2 rings (SSSR count). The fraction of sp³-hybridized carbons (Fsp3) is 0.440. The van der Waals surface area contributed by atoms with Crippen molar-refractivity contribution in [1.82, 2.24) is 10.2 Å². The summed E-state index contributed by atoms with van der Waals surface area (Å²) < 4.78 is 26.2. The van der Waals surface area contributed by atoms with Crippen LogP contribution < -0.4 is 9.62 Å². The van der Waals surface area contributed by atoms with E-state index in [1.807, 2.05) is 45.0 Å². The predicted octanol–water partition coefficient (Wildman–Crippen LogP) is 4.14.